The molecular formula is C17H19N3O5. The van der Waals surface area contributed by atoms with Crippen LogP contribution in [0.4, 0.5) is 4.79 Å². The van der Waals surface area contributed by atoms with Gasteiger partial charge in [-0.1, -0.05) is 29.8 Å². The molecule has 0 aliphatic heterocycles. The maximum Gasteiger partial charge on any atom is 0.321 e. The van der Waals surface area contributed by atoms with E-state index in [-0.39, 0.29) is 12.8 Å². The summed E-state index contributed by atoms with van der Waals surface area (Å²) in [5, 5.41) is 4.20. The minimum absolute atomic E-state index is 0.0150. The average Bonchev–Trinajstić information content (AvgIpc) is 3.07. The normalized spacial score (nSPS) is 10.2. The van der Waals surface area contributed by atoms with Crippen molar-refractivity contribution in [2.24, 2.45) is 0 Å². The number of ether oxygens (including phenoxy) is 1. The first-order valence-electron chi connectivity index (χ1n) is 7.67. The number of oxazole rings is 1. The van der Waals surface area contributed by atoms with Crippen LogP contribution in [0.5, 0.6) is 0 Å². The number of urea groups is 1. The van der Waals surface area contributed by atoms with Gasteiger partial charge in [0.15, 0.2) is 18.3 Å². The highest BCUT2D eigenvalue weighted by atomic mass is 16.5. The number of nitrogens with zero attached hydrogens (tertiary/aromatic N) is 1. The van der Waals surface area contributed by atoms with Crippen molar-refractivity contribution in [3.8, 4) is 11.3 Å². The monoisotopic (exact) mass is 345 g/mol. The molecule has 0 atom stereocenters. The van der Waals surface area contributed by atoms with Crippen molar-refractivity contribution in [2.45, 2.75) is 19.8 Å². The molecule has 0 fully saturated rings. The Hall–Kier alpha value is -3.16. The van der Waals surface area contributed by atoms with Gasteiger partial charge in [0.05, 0.1) is 12.6 Å². The van der Waals surface area contributed by atoms with Gasteiger partial charge in [-0.25, -0.2) is 9.78 Å². The second kappa shape index (κ2) is 8.62. The molecule has 1 aromatic heterocycles. The highest BCUT2D eigenvalue weighted by Gasteiger charge is 2.12. The molecule has 0 aliphatic carbocycles. The Kier molecular flexibility index (Phi) is 6.27. The lowest BCUT2D eigenvalue weighted by molar-refractivity contribution is -0.148. The smallest absolute Gasteiger partial charge is 0.321 e. The molecule has 25 heavy (non-hydrogen) atoms. The van der Waals surface area contributed by atoms with Gasteiger partial charge in [-0.3, -0.25) is 14.9 Å². The predicted octanol–water partition coefficient (Wildman–Crippen LogP) is 1.58. The third kappa shape index (κ3) is 5.76. The van der Waals surface area contributed by atoms with Crippen LogP contribution in [-0.4, -0.2) is 36.5 Å². The van der Waals surface area contributed by atoms with Gasteiger partial charge in [0.2, 0.25) is 0 Å². The van der Waals surface area contributed by atoms with Gasteiger partial charge < -0.3 is 14.5 Å². The average molecular weight is 345 g/mol. The van der Waals surface area contributed by atoms with Crippen LogP contribution in [-0.2, 0) is 20.7 Å². The topological polar surface area (TPSA) is 111 Å². The number of amides is 3. The molecule has 0 aliphatic rings. The Bertz CT molecular complexity index is 752. The number of carbonyl (C=O) groups excluding carboxylic acids is 3. The van der Waals surface area contributed by atoms with Gasteiger partial charge in [0, 0.05) is 19.0 Å². The molecule has 1 aromatic carbocycles. The summed E-state index contributed by atoms with van der Waals surface area (Å²) in [5.74, 6) is -0.261. The lowest BCUT2D eigenvalue weighted by Crippen LogP contribution is -2.39. The van der Waals surface area contributed by atoms with E-state index in [1.54, 1.807) is 6.20 Å². The van der Waals surface area contributed by atoms with Crippen LogP contribution in [0.2, 0.25) is 0 Å². The van der Waals surface area contributed by atoms with Gasteiger partial charge >= 0.3 is 12.0 Å². The fourth-order valence-corrected chi connectivity index (χ4v) is 1.93. The summed E-state index contributed by atoms with van der Waals surface area (Å²) in [5.41, 5.74) is 2.05. The number of nitrogens with one attached hydrogen (secondary N) is 2. The Balaban J connectivity index is 1.78. The Morgan fingerprint density at radius 2 is 1.92 bits per heavy atom. The number of imide groups is 1. The molecular weight excluding hydrogens is 326 g/mol. The van der Waals surface area contributed by atoms with Crippen molar-refractivity contribution in [1.29, 1.82) is 0 Å². The van der Waals surface area contributed by atoms with Crippen molar-refractivity contribution in [2.75, 3.05) is 13.7 Å². The van der Waals surface area contributed by atoms with Crippen molar-refractivity contribution in [1.82, 2.24) is 15.6 Å². The lowest BCUT2D eigenvalue weighted by Gasteiger charge is -2.04. The van der Waals surface area contributed by atoms with Gasteiger partial charge in [0.25, 0.3) is 5.91 Å². The number of aromatic nitrogens is 1. The van der Waals surface area contributed by atoms with Crippen LogP contribution in [0.3, 0.4) is 0 Å². The second-order valence-corrected chi connectivity index (χ2v) is 5.27. The van der Waals surface area contributed by atoms with Crippen LogP contribution in [0.25, 0.3) is 11.3 Å². The SMILES string of the molecule is CNC(=O)NC(=O)COC(=O)CCc1ncc(-c2ccc(C)cc2)o1. The Labute approximate surface area is 144 Å². The molecule has 2 rings (SSSR count). The first-order chi connectivity index (χ1) is 12.0. The van der Waals surface area contributed by atoms with E-state index in [4.69, 9.17) is 9.15 Å². The number of rotatable bonds is 6. The van der Waals surface area contributed by atoms with E-state index in [1.807, 2.05) is 36.5 Å². The number of aryl methyl sites for hydroxylation is 2. The fourth-order valence-electron chi connectivity index (χ4n) is 1.93. The zero-order valence-electron chi connectivity index (χ0n) is 14.0. The number of esters is 1. The zero-order valence-corrected chi connectivity index (χ0v) is 14.0. The minimum atomic E-state index is -0.703. The molecule has 3 amide bonds. The molecule has 2 N–H and O–H groups in total. The second-order valence-electron chi connectivity index (χ2n) is 5.27. The molecule has 0 unspecified atom stereocenters. The maximum absolute atomic E-state index is 11.6. The molecule has 0 saturated carbocycles. The largest absolute Gasteiger partial charge is 0.456 e. The third-order valence-electron chi connectivity index (χ3n) is 3.28. The number of hydrogen-bond acceptors (Lipinski definition) is 6. The molecule has 0 spiro atoms. The molecule has 8 heteroatoms. The maximum atomic E-state index is 11.6. The van der Waals surface area contributed by atoms with Crippen LogP contribution in [0.1, 0.15) is 17.9 Å². The predicted molar refractivity (Wildman–Crippen MR) is 88.6 cm³/mol. The molecule has 1 heterocycles. The van der Waals surface area contributed by atoms with Crippen LogP contribution >= 0.6 is 0 Å². The molecule has 2 aromatic rings. The van der Waals surface area contributed by atoms with Crippen molar-refractivity contribution >= 4 is 17.9 Å². The number of hydrogen-bond donors (Lipinski definition) is 2. The molecule has 8 nitrogen and oxygen atoms in total. The summed E-state index contributed by atoms with van der Waals surface area (Å²) in [6.45, 7) is 1.47. The standard InChI is InChI=1S/C17H19N3O5/c1-11-3-5-12(6-4-11)13-9-19-15(25-13)7-8-16(22)24-10-14(21)20-17(23)18-2/h3-6,9H,7-8,10H2,1-2H3,(H2,18,20,21,23). The van der Waals surface area contributed by atoms with E-state index in [0.717, 1.165) is 11.1 Å². The van der Waals surface area contributed by atoms with Crippen molar-refractivity contribution in [3.05, 3.63) is 41.9 Å². The molecule has 0 bridgehead atoms. The zero-order chi connectivity index (χ0) is 18.2. The quantitative estimate of drug-likeness (QED) is 0.769. The summed E-state index contributed by atoms with van der Waals surface area (Å²) in [7, 11) is 1.37. The van der Waals surface area contributed by atoms with E-state index in [0.29, 0.717) is 11.7 Å². The minimum Gasteiger partial charge on any atom is -0.456 e. The first kappa shape index (κ1) is 18.2. The van der Waals surface area contributed by atoms with Gasteiger partial charge in [0.1, 0.15) is 0 Å². The summed E-state index contributed by atoms with van der Waals surface area (Å²) < 4.78 is 10.4. The first-order valence-corrected chi connectivity index (χ1v) is 7.67. The number of carbonyl (C=O) groups is 3. The van der Waals surface area contributed by atoms with Gasteiger partial charge in [-0.15, -0.1) is 0 Å². The highest BCUT2D eigenvalue weighted by Crippen LogP contribution is 2.21. The third-order valence-corrected chi connectivity index (χ3v) is 3.28. The van der Waals surface area contributed by atoms with Crippen molar-refractivity contribution < 1.29 is 23.5 Å². The summed E-state index contributed by atoms with van der Waals surface area (Å²) >= 11 is 0. The van der Waals surface area contributed by atoms with E-state index in [2.05, 4.69) is 10.3 Å². The van der Waals surface area contributed by atoms with Crippen LogP contribution in [0.15, 0.2) is 34.9 Å². The summed E-state index contributed by atoms with van der Waals surface area (Å²) in [4.78, 5) is 38.0. The summed E-state index contributed by atoms with van der Waals surface area (Å²) in [6, 6.07) is 7.14. The molecule has 132 valence electrons. The van der Waals surface area contributed by atoms with Gasteiger partial charge in [-0.05, 0) is 6.92 Å². The van der Waals surface area contributed by atoms with Crippen LogP contribution < -0.4 is 10.6 Å². The lowest BCUT2D eigenvalue weighted by atomic mass is 10.1. The summed E-state index contributed by atoms with van der Waals surface area (Å²) in [6.07, 6.45) is 1.87. The number of benzene rings is 1. The van der Waals surface area contributed by atoms with Crippen molar-refractivity contribution in [3.63, 3.8) is 0 Å². The molecule has 0 saturated heterocycles. The van der Waals surface area contributed by atoms with E-state index in [9.17, 15) is 14.4 Å². The highest BCUT2D eigenvalue weighted by molar-refractivity contribution is 5.95. The molecule has 0 radical (unpaired) electrons. The van der Waals surface area contributed by atoms with E-state index < -0.39 is 24.5 Å². The Morgan fingerprint density at radius 3 is 2.60 bits per heavy atom. The Morgan fingerprint density at radius 1 is 1.20 bits per heavy atom. The van der Waals surface area contributed by atoms with E-state index in [1.165, 1.54) is 7.05 Å². The fraction of sp³-hybridized carbons (Fsp3) is 0.294. The van der Waals surface area contributed by atoms with Gasteiger partial charge in [-0.2, -0.15) is 0 Å². The van der Waals surface area contributed by atoms with E-state index >= 15 is 0 Å². The van der Waals surface area contributed by atoms with Crippen LogP contribution in [0, 0.1) is 6.92 Å².